The zero-order chi connectivity index (χ0) is 12.8. The fourth-order valence-electron chi connectivity index (χ4n) is 0.950. The number of rotatable bonds is 4. The molecular weight excluding hydrogens is 239 g/mol. The number of hydrogen-bond donors (Lipinski definition) is 1. The first-order chi connectivity index (χ1) is 7.83. The molecule has 0 heterocycles. The van der Waals surface area contributed by atoms with Crippen molar-refractivity contribution in [3.05, 3.63) is 35.3 Å². The number of nitrogen functional groups attached to an aromatic ring is 1. The normalized spacial score (nSPS) is 7.82. The van der Waals surface area contributed by atoms with Crippen LogP contribution in [-0.4, -0.2) is 13.7 Å². The van der Waals surface area contributed by atoms with Crippen LogP contribution in [0.4, 0.5) is 5.69 Å². The van der Waals surface area contributed by atoms with E-state index in [0.29, 0.717) is 6.54 Å². The van der Waals surface area contributed by atoms with Crippen LogP contribution < -0.4 is 57.1 Å². The molecular formula is C13H25KN2O. The maximum Gasteiger partial charge on any atom is 1.00 e. The summed E-state index contributed by atoms with van der Waals surface area (Å²) in [4.78, 5) is 4.59. The van der Waals surface area contributed by atoms with Gasteiger partial charge in [0.2, 0.25) is 0 Å². The van der Waals surface area contributed by atoms with Crippen LogP contribution in [0.1, 0.15) is 33.3 Å². The Morgan fingerprint density at radius 1 is 1.06 bits per heavy atom. The van der Waals surface area contributed by atoms with E-state index in [1.165, 1.54) is 5.56 Å². The molecule has 0 aromatic heterocycles. The SMILES string of the molecule is CC.CC.CO[N-]CCc1ccc(N)cc1.[K+]. The molecule has 0 aliphatic rings. The average Bonchev–Trinajstić information content (AvgIpc) is 2.37. The Morgan fingerprint density at radius 2 is 1.53 bits per heavy atom. The summed E-state index contributed by atoms with van der Waals surface area (Å²) in [6.45, 7) is 8.69. The van der Waals surface area contributed by atoms with E-state index in [9.17, 15) is 0 Å². The predicted molar refractivity (Wildman–Crippen MR) is 72.5 cm³/mol. The van der Waals surface area contributed by atoms with Crippen LogP contribution in [0.3, 0.4) is 0 Å². The smallest absolute Gasteiger partial charge is 0.534 e. The van der Waals surface area contributed by atoms with Crippen molar-refractivity contribution >= 4 is 5.69 Å². The molecule has 4 heteroatoms. The summed E-state index contributed by atoms with van der Waals surface area (Å²) in [5, 5.41) is 0. The van der Waals surface area contributed by atoms with Crippen LogP contribution >= 0.6 is 0 Å². The molecule has 0 amide bonds. The summed E-state index contributed by atoms with van der Waals surface area (Å²) in [6.07, 6.45) is 0.897. The largest absolute Gasteiger partial charge is 1.00 e. The molecule has 0 unspecified atom stereocenters. The second-order valence-corrected chi connectivity index (χ2v) is 2.53. The number of anilines is 1. The van der Waals surface area contributed by atoms with Crippen LogP contribution in [0, 0.1) is 0 Å². The van der Waals surface area contributed by atoms with Crippen LogP contribution in [0.25, 0.3) is 5.48 Å². The van der Waals surface area contributed by atoms with E-state index in [-0.39, 0.29) is 51.4 Å². The Bertz CT molecular complexity index is 227. The van der Waals surface area contributed by atoms with Crippen molar-refractivity contribution in [1.82, 2.24) is 0 Å². The van der Waals surface area contributed by atoms with Gasteiger partial charge in [-0.25, -0.2) is 0 Å². The molecule has 0 spiro atoms. The van der Waals surface area contributed by atoms with Gasteiger partial charge in [-0.2, -0.15) is 0 Å². The number of benzene rings is 1. The van der Waals surface area contributed by atoms with Crippen LogP contribution in [0.5, 0.6) is 0 Å². The van der Waals surface area contributed by atoms with E-state index in [4.69, 9.17) is 5.73 Å². The second-order valence-electron chi connectivity index (χ2n) is 2.53. The van der Waals surface area contributed by atoms with Crippen molar-refractivity contribution in [2.45, 2.75) is 34.1 Å². The molecule has 0 saturated heterocycles. The molecule has 2 N–H and O–H groups in total. The topological polar surface area (TPSA) is 49.4 Å². The van der Waals surface area contributed by atoms with Gasteiger partial charge in [-0.3, -0.25) is 0 Å². The number of hydroxylamine groups is 1. The van der Waals surface area contributed by atoms with Crippen LogP contribution in [0.15, 0.2) is 24.3 Å². The van der Waals surface area contributed by atoms with Gasteiger partial charge in [-0.1, -0.05) is 39.8 Å². The third kappa shape index (κ3) is 14.5. The third-order valence-electron chi connectivity index (χ3n) is 1.60. The monoisotopic (exact) mass is 264 g/mol. The van der Waals surface area contributed by atoms with Gasteiger partial charge in [-0.15, -0.1) is 6.54 Å². The Morgan fingerprint density at radius 3 is 1.94 bits per heavy atom. The van der Waals surface area contributed by atoms with Crippen molar-refractivity contribution in [3.8, 4) is 0 Å². The third-order valence-corrected chi connectivity index (χ3v) is 1.60. The van der Waals surface area contributed by atoms with Gasteiger partial charge < -0.3 is 16.1 Å². The molecule has 0 aliphatic heterocycles. The van der Waals surface area contributed by atoms with Crippen molar-refractivity contribution in [2.24, 2.45) is 0 Å². The fraction of sp³-hybridized carbons (Fsp3) is 0.538. The van der Waals surface area contributed by atoms with Crippen molar-refractivity contribution in [1.29, 1.82) is 0 Å². The van der Waals surface area contributed by atoms with Gasteiger partial charge in [-0.05, 0) is 24.1 Å². The first kappa shape index (κ1) is 22.7. The minimum atomic E-state index is 0. The molecule has 0 saturated carbocycles. The molecule has 1 rings (SSSR count). The quantitative estimate of drug-likeness (QED) is 0.378. The molecule has 3 nitrogen and oxygen atoms in total. The second kappa shape index (κ2) is 18.9. The zero-order valence-corrected chi connectivity index (χ0v) is 15.3. The van der Waals surface area contributed by atoms with E-state index in [2.05, 4.69) is 10.3 Å². The van der Waals surface area contributed by atoms with Gasteiger partial charge in [0.05, 0.1) is 0 Å². The summed E-state index contributed by atoms with van der Waals surface area (Å²) in [5.74, 6) is 0. The van der Waals surface area contributed by atoms with Gasteiger partial charge >= 0.3 is 51.4 Å². The van der Waals surface area contributed by atoms with E-state index in [1.807, 2.05) is 52.0 Å². The summed E-state index contributed by atoms with van der Waals surface area (Å²) >= 11 is 0. The van der Waals surface area contributed by atoms with Crippen molar-refractivity contribution in [3.63, 3.8) is 0 Å². The minimum Gasteiger partial charge on any atom is -0.534 e. The zero-order valence-electron chi connectivity index (χ0n) is 12.2. The molecule has 0 radical (unpaired) electrons. The van der Waals surface area contributed by atoms with Crippen LogP contribution in [-0.2, 0) is 11.3 Å². The van der Waals surface area contributed by atoms with Gasteiger partial charge in [0.25, 0.3) is 0 Å². The average molecular weight is 264 g/mol. The summed E-state index contributed by atoms with van der Waals surface area (Å²) in [6, 6.07) is 7.78. The van der Waals surface area contributed by atoms with Gasteiger partial charge in [0.15, 0.2) is 0 Å². The Labute approximate surface area is 149 Å². The molecule has 0 bridgehead atoms. The molecule has 0 aliphatic carbocycles. The van der Waals surface area contributed by atoms with E-state index in [0.717, 1.165) is 12.1 Å². The van der Waals surface area contributed by atoms with Crippen LogP contribution in [0.2, 0.25) is 0 Å². The molecule has 17 heavy (non-hydrogen) atoms. The molecule has 1 aromatic carbocycles. The van der Waals surface area contributed by atoms with Gasteiger partial charge in [0, 0.05) is 12.8 Å². The van der Waals surface area contributed by atoms with E-state index < -0.39 is 0 Å². The maximum atomic E-state index is 5.53. The van der Waals surface area contributed by atoms with E-state index >= 15 is 0 Å². The summed E-state index contributed by atoms with van der Waals surface area (Å²) < 4.78 is 0. The molecule has 0 fully saturated rings. The van der Waals surface area contributed by atoms with E-state index in [1.54, 1.807) is 7.11 Å². The van der Waals surface area contributed by atoms with Crippen molar-refractivity contribution < 1.29 is 56.2 Å². The minimum absolute atomic E-state index is 0. The predicted octanol–water partition coefficient (Wildman–Crippen LogP) is 0.803. The Balaban J connectivity index is -0.000000355. The first-order valence-electron chi connectivity index (χ1n) is 5.87. The molecule has 1 aromatic rings. The number of nitrogens with two attached hydrogens (primary N) is 1. The summed E-state index contributed by atoms with van der Waals surface area (Å²) in [7, 11) is 1.56. The summed E-state index contributed by atoms with van der Waals surface area (Å²) in [5.41, 5.74) is 11.3. The Kier molecular flexibility index (Phi) is 25.3. The van der Waals surface area contributed by atoms with Crippen molar-refractivity contribution in [2.75, 3.05) is 19.4 Å². The first-order valence-corrected chi connectivity index (χ1v) is 5.87. The maximum absolute atomic E-state index is 5.53. The molecule has 0 atom stereocenters. The number of nitrogens with zero attached hydrogens (tertiary/aromatic N) is 1. The standard InChI is InChI=1S/C9H13N2O.2C2H6.K/c1-12-11-7-6-8-2-4-9(10)5-3-8;2*1-2;/h2-5H,6-7,10H2,1H3;2*1-2H3;/q-1;;;+1. The fourth-order valence-corrected chi connectivity index (χ4v) is 0.950. The number of hydrogen-bond acceptors (Lipinski definition) is 2. The van der Waals surface area contributed by atoms with Gasteiger partial charge in [0.1, 0.15) is 0 Å². The Hall–Kier alpha value is 0.576. The molecule has 94 valence electrons.